The number of likely N-dealkylation sites (tertiary alicyclic amines) is 1. The van der Waals surface area contributed by atoms with E-state index in [1.165, 1.54) is 12.8 Å². The minimum Gasteiger partial charge on any atom is -0.302 e. The molecule has 4 heteroatoms. The highest BCUT2D eigenvalue weighted by Crippen LogP contribution is 2.22. The summed E-state index contributed by atoms with van der Waals surface area (Å²) in [6, 6.07) is 0. The molecule has 88 valence electrons. The smallest absolute Gasteiger partial charge is 0.240 e. The van der Waals surface area contributed by atoms with Gasteiger partial charge in [-0.2, -0.15) is 0 Å². The summed E-state index contributed by atoms with van der Waals surface area (Å²) in [6.07, 6.45) is 2.47. The lowest BCUT2D eigenvalue weighted by Gasteiger charge is -2.35. The van der Waals surface area contributed by atoms with Crippen molar-refractivity contribution in [1.29, 1.82) is 0 Å². The second-order valence-electron chi connectivity index (χ2n) is 5.32. The highest BCUT2D eigenvalue weighted by atomic mass is 16.2. The molecule has 0 unspecified atom stereocenters. The van der Waals surface area contributed by atoms with Crippen LogP contribution in [0.25, 0.3) is 0 Å². The van der Waals surface area contributed by atoms with E-state index in [1.54, 1.807) is 0 Å². The van der Waals surface area contributed by atoms with Crippen molar-refractivity contribution in [3.63, 3.8) is 0 Å². The Morgan fingerprint density at radius 3 is 2.47 bits per heavy atom. The van der Waals surface area contributed by atoms with E-state index in [9.17, 15) is 4.79 Å². The summed E-state index contributed by atoms with van der Waals surface area (Å²) in [5.41, 5.74) is 1.84. The van der Waals surface area contributed by atoms with E-state index >= 15 is 0 Å². The molecule has 0 spiro atoms. The SMILES string of the molecule is CC1CCN(CC(C)(C)C(=O)NN)CC1. The van der Waals surface area contributed by atoms with Crippen molar-refractivity contribution in [1.82, 2.24) is 10.3 Å². The van der Waals surface area contributed by atoms with Gasteiger partial charge in [-0.1, -0.05) is 6.92 Å². The highest BCUT2D eigenvalue weighted by molar-refractivity contribution is 5.81. The summed E-state index contributed by atoms with van der Waals surface area (Å²) in [7, 11) is 0. The first-order valence-electron chi connectivity index (χ1n) is 5.69. The number of rotatable bonds is 3. The molecule has 0 aromatic heterocycles. The van der Waals surface area contributed by atoms with Crippen LogP contribution in [0.2, 0.25) is 0 Å². The third-order valence-corrected chi connectivity index (χ3v) is 3.24. The molecular weight excluding hydrogens is 190 g/mol. The number of nitrogens with two attached hydrogens (primary N) is 1. The van der Waals surface area contributed by atoms with E-state index in [1.807, 2.05) is 13.8 Å². The van der Waals surface area contributed by atoms with E-state index in [2.05, 4.69) is 17.2 Å². The van der Waals surface area contributed by atoms with Gasteiger partial charge in [0, 0.05) is 6.54 Å². The summed E-state index contributed by atoms with van der Waals surface area (Å²) < 4.78 is 0. The van der Waals surface area contributed by atoms with Crippen LogP contribution in [0.15, 0.2) is 0 Å². The normalized spacial score (nSPS) is 20.3. The largest absolute Gasteiger partial charge is 0.302 e. The molecule has 0 aromatic carbocycles. The standard InChI is InChI=1S/C11H23N3O/c1-9-4-6-14(7-5-9)8-11(2,3)10(15)13-12/h9H,4-8,12H2,1-3H3,(H,13,15). The zero-order chi connectivity index (χ0) is 11.5. The molecule has 0 aromatic rings. The van der Waals surface area contributed by atoms with Gasteiger partial charge in [0.25, 0.3) is 0 Å². The summed E-state index contributed by atoms with van der Waals surface area (Å²) in [6.45, 7) is 9.16. The first-order chi connectivity index (χ1) is 6.95. The van der Waals surface area contributed by atoms with Gasteiger partial charge in [-0.3, -0.25) is 10.2 Å². The molecule has 1 rings (SSSR count). The molecule has 15 heavy (non-hydrogen) atoms. The average Bonchev–Trinajstić information content (AvgIpc) is 2.20. The Morgan fingerprint density at radius 2 is 2.00 bits per heavy atom. The zero-order valence-electron chi connectivity index (χ0n) is 10.0. The Labute approximate surface area is 92.2 Å². The van der Waals surface area contributed by atoms with Crippen LogP contribution in [0.5, 0.6) is 0 Å². The summed E-state index contributed by atoms with van der Waals surface area (Å²) in [5.74, 6) is 5.91. The Morgan fingerprint density at radius 1 is 1.47 bits per heavy atom. The molecule has 1 saturated heterocycles. The van der Waals surface area contributed by atoms with Gasteiger partial charge in [0.2, 0.25) is 5.91 Å². The van der Waals surface area contributed by atoms with Crippen molar-refractivity contribution in [2.24, 2.45) is 17.2 Å². The minimum atomic E-state index is -0.394. The van der Waals surface area contributed by atoms with Crippen LogP contribution >= 0.6 is 0 Å². The minimum absolute atomic E-state index is 0.0823. The second-order valence-corrected chi connectivity index (χ2v) is 5.32. The van der Waals surface area contributed by atoms with Gasteiger partial charge in [-0.15, -0.1) is 0 Å². The van der Waals surface area contributed by atoms with Gasteiger partial charge < -0.3 is 4.90 Å². The number of nitrogens with one attached hydrogen (secondary N) is 1. The summed E-state index contributed by atoms with van der Waals surface area (Å²) in [4.78, 5) is 13.9. The van der Waals surface area contributed by atoms with Crippen molar-refractivity contribution in [2.75, 3.05) is 19.6 Å². The van der Waals surface area contributed by atoms with E-state index in [-0.39, 0.29) is 5.91 Å². The fourth-order valence-electron chi connectivity index (χ4n) is 2.05. The van der Waals surface area contributed by atoms with Crippen molar-refractivity contribution < 1.29 is 4.79 Å². The molecule has 1 aliphatic rings. The molecule has 0 aliphatic carbocycles. The number of nitrogens with zero attached hydrogens (tertiary/aromatic N) is 1. The topological polar surface area (TPSA) is 58.4 Å². The number of hydrogen-bond donors (Lipinski definition) is 2. The fraction of sp³-hybridized carbons (Fsp3) is 0.909. The number of carbonyl (C=O) groups excluding carboxylic acids is 1. The average molecular weight is 213 g/mol. The maximum absolute atomic E-state index is 11.5. The van der Waals surface area contributed by atoms with E-state index in [4.69, 9.17) is 5.84 Å². The van der Waals surface area contributed by atoms with Gasteiger partial charge in [-0.25, -0.2) is 5.84 Å². The molecule has 1 fully saturated rings. The molecule has 3 N–H and O–H groups in total. The Hall–Kier alpha value is -0.610. The zero-order valence-corrected chi connectivity index (χ0v) is 10.0. The van der Waals surface area contributed by atoms with E-state index in [0.717, 1.165) is 25.6 Å². The van der Waals surface area contributed by atoms with Crippen LogP contribution in [-0.2, 0) is 4.79 Å². The van der Waals surface area contributed by atoms with Crippen molar-refractivity contribution >= 4 is 5.91 Å². The number of amides is 1. The Kier molecular flexibility index (Phi) is 4.11. The molecule has 0 radical (unpaired) electrons. The molecule has 0 saturated carbocycles. The fourth-order valence-corrected chi connectivity index (χ4v) is 2.05. The lowest BCUT2D eigenvalue weighted by Crippen LogP contribution is -2.48. The molecule has 0 bridgehead atoms. The predicted octanol–water partition coefficient (Wildman–Crippen LogP) is 0.734. The second kappa shape index (κ2) is 4.94. The molecular formula is C11H23N3O. The van der Waals surface area contributed by atoms with E-state index in [0.29, 0.717) is 0 Å². The molecule has 1 heterocycles. The van der Waals surface area contributed by atoms with Gasteiger partial charge in [0.15, 0.2) is 0 Å². The van der Waals surface area contributed by atoms with Gasteiger partial charge >= 0.3 is 0 Å². The first-order valence-corrected chi connectivity index (χ1v) is 5.69. The van der Waals surface area contributed by atoms with Crippen LogP contribution in [0.3, 0.4) is 0 Å². The molecule has 1 aliphatic heterocycles. The molecule has 4 nitrogen and oxygen atoms in total. The first kappa shape index (κ1) is 12.5. The van der Waals surface area contributed by atoms with Crippen LogP contribution in [0.1, 0.15) is 33.6 Å². The van der Waals surface area contributed by atoms with Gasteiger partial charge in [0.1, 0.15) is 0 Å². The van der Waals surface area contributed by atoms with Crippen LogP contribution in [0, 0.1) is 11.3 Å². The maximum atomic E-state index is 11.5. The number of hydrogen-bond acceptors (Lipinski definition) is 3. The Bertz CT molecular complexity index is 220. The Balaban J connectivity index is 2.43. The third-order valence-electron chi connectivity index (χ3n) is 3.24. The lowest BCUT2D eigenvalue weighted by atomic mass is 9.90. The highest BCUT2D eigenvalue weighted by Gasteiger charge is 2.30. The van der Waals surface area contributed by atoms with Gasteiger partial charge in [-0.05, 0) is 45.7 Å². The quantitative estimate of drug-likeness (QED) is 0.413. The summed E-state index contributed by atoms with van der Waals surface area (Å²) in [5, 5.41) is 0. The maximum Gasteiger partial charge on any atom is 0.240 e. The third kappa shape index (κ3) is 3.47. The van der Waals surface area contributed by atoms with Gasteiger partial charge in [0.05, 0.1) is 5.41 Å². The lowest BCUT2D eigenvalue weighted by molar-refractivity contribution is -0.130. The number of piperidine rings is 1. The van der Waals surface area contributed by atoms with Crippen LogP contribution < -0.4 is 11.3 Å². The van der Waals surface area contributed by atoms with Crippen LogP contribution in [-0.4, -0.2) is 30.4 Å². The van der Waals surface area contributed by atoms with Crippen molar-refractivity contribution in [3.8, 4) is 0 Å². The molecule has 0 atom stereocenters. The predicted molar refractivity (Wildman–Crippen MR) is 60.9 cm³/mol. The van der Waals surface area contributed by atoms with Crippen LogP contribution in [0.4, 0.5) is 0 Å². The van der Waals surface area contributed by atoms with Crippen molar-refractivity contribution in [3.05, 3.63) is 0 Å². The van der Waals surface area contributed by atoms with Crippen molar-refractivity contribution in [2.45, 2.75) is 33.6 Å². The number of hydrazine groups is 1. The number of carbonyl (C=O) groups is 1. The molecule has 1 amide bonds. The monoisotopic (exact) mass is 213 g/mol. The van der Waals surface area contributed by atoms with E-state index < -0.39 is 5.41 Å². The summed E-state index contributed by atoms with van der Waals surface area (Å²) >= 11 is 0.